The van der Waals surface area contributed by atoms with Gasteiger partial charge in [0.15, 0.2) is 5.11 Å². The summed E-state index contributed by atoms with van der Waals surface area (Å²) in [7, 11) is 3.16. The van der Waals surface area contributed by atoms with E-state index in [1.807, 2.05) is 0 Å². The van der Waals surface area contributed by atoms with Crippen molar-refractivity contribution in [3.05, 3.63) is 70.9 Å². The molecule has 0 fully saturated rings. The minimum absolute atomic E-state index is 0.158. The van der Waals surface area contributed by atoms with Crippen LogP contribution in [-0.4, -0.2) is 30.1 Å². The number of hydrogen-bond donors (Lipinski definition) is 2. The molecule has 146 valence electrons. The van der Waals surface area contributed by atoms with Crippen LogP contribution in [0.2, 0.25) is 0 Å². The predicted octanol–water partition coefficient (Wildman–Crippen LogP) is 3.75. The normalized spacial score (nSPS) is 16.7. The highest BCUT2D eigenvalue weighted by atomic mass is 32.1. The summed E-state index contributed by atoms with van der Waals surface area (Å²) in [4.78, 5) is 14.7. The maximum absolute atomic E-state index is 14.5. The number of hydrogen-bond acceptors (Lipinski definition) is 3. The number of halogens is 2. The number of thiocarbonyl (C=S) groups is 1. The Bertz CT molecular complexity index is 957. The lowest BCUT2D eigenvalue weighted by molar-refractivity contribution is -0.113. The zero-order valence-corrected chi connectivity index (χ0v) is 16.4. The van der Waals surface area contributed by atoms with Crippen LogP contribution in [0.4, 0.5) is 14.5 Å². The van der Waals surface area contributed by atoms with Gasteiger partial charge in [-0.1, -0.05) is 18.2 Å². The second kappa shape index (κ2) is 7.93. The van der Waals surface area contributed by atoms with Crippen molar-refractivity contribution in [1.29, 1.82) is 0 Å². The van der Waals surface area contributed by atoms with Gasteiger partial charge in [-0.05, 0) is 43.4 Å². The van der Waals surface area contributed by atoms with Crippen molar-refractivity contribution in [3.8, 4) is 5.75 Å². The summed E-state index contributed by atoms with van der Waals surface area (Å²) < 4.78 is 34.2. The Labute approximate surface area is 167 Å². The Kier molecular flexibility index (Phi) is 5.60. The van der Waals surface area contributed by atoms with Gasteiger partial charge in [0.1, 0.15) is 17.4 Å². The first-order chi connectivity index (χ1) is 13.3. The molecule has 0 aliphatic carbocycles. The van der Waals surface area contributed by atoms with Crippen molar-refractivity contribution in [2.24, 2.45) is 0 Å². The molecule has 1 aliphatic heterocycles. The van der Waals surface area contributed by atoms with Crippen molar-refractivity contribution in [2.75, 3.05) is 19.5 Å². The van der Waals surface area contributed by atoms with E-state index in [2.05, 4.69) is 10.6 Å². The lowest BCUT2D eigenvalue weighted by Crippen LogP contribution is -2.47. The Balaban J connectivity index is 2.08. The molecule has 8 heteroatoms. The third-order valence-corrected chi connectivity index (χ3v) is 5.03. The highest BCUT2D eigenvalue weighted by Gasteiger charge is 2.35. The molecule has 0 bridgehead atoms. The van der Waals surface area contributed by atoms with Gasteiger partial charge in [0.05, 0.1) is 30.0 Å². The summed E-state index contributed by atoms with van der Waals surface area (Å²) in [6.07, 6.45) is 0. The lowest BCUT2D eigenvalue weighted by atomic mass is 9.93. The van der Waals surface area contributed by atoms with Crippen LogP contribution in [0.3, 0.4) is 0 Å². The molecule has 28 heavy (non-hydrogen) atoms. The third kappa shape index (κ3) is 3.55. The number of methoxy groups -OCH3 is 1. The van der Waals surface area contributed by atoms with Crippen molar-refractivity contribution < 1.29 is 18.3 Å². The number of anilines is 1. The number of nitrogens with zero attached hydrogens (tertiary/aromatic N) is 1. The largest absolute Gasteiger partial charge is 0.495 e. The molecule has 0 saturated carbocycles. The molecular weight excluding hydrogens is 384 g/mol. The third-order valence-electron chi connectivity index (χ3n) is 4.64. The number of ether oxygens (including phenoxy) is 1. The fourth-order valence-corrected chi connectivity index (χ4v) is 3.33. The quantitative estimate of drug-likeness (QED) is 0.762. The van der Waals surface area contributed by atoms with Crippen molar-refractivity contribution in [3.63, 3.8) is 0 Å². The van der Waals surface area contributed by atoms with Gasteiger partial charge in [-0.25, -0.2) is 8.78 Å². The predicted molar refractivity (Wildman–Crippen MR) is 107 cm³/mol. The van der Waals surface area contributed by atoms with Crippen LogP contribution in [-0.2, 0) is 4.79 Å². The molecule has 1 aliphatic rings. The molecular formula is C20H19F2N3O2S. The van der Waals surface area contributed by atoms with E-state index < -0.39 is 23.6 Å². The van der Waals surface area contributed by atoms with E-state index in [1.54, 1.807) is 43.1 Å². The SMILES string of the molecule is COc1ccccc1NC(=O)C1=C(C)N(C)C(=S)N[C@@H]1c1c(F)cccc1F. The number of para-hydroxylation sites is 2. The Morgan fingerprint density at radius 3 is 2.46 bits per heavy atom. The van der Waals surface area contributed by atoms with Crippen LogP contribution in [0.25, 0.3) is 0 Å². The molecule has 0 aromatic heterocycles. The fraction of sp³-hybridized carbons (Fsp3) is 0.200. The number of allylic oxidation sites excluding steroid dienone is 1. The van der Waals surface area contributed by atoms with Gasteiger partial charge in [-0.2, -0.15) is 0 Å². The standard InChI is InChI=1S/C20H19F2N3O2S/c1-11-16(19(26)23-14-9-4-5-10-15(14)27-3)18(24-20(28)25(11)2)17-12(21)7-6-8-13(17)22/h4-10,18H,1-3H3,(H,23,26)(H,24,28)/t18-/m0/s1. The van der Waals surface area contributed by atoms with Crippen LogP contribution >= 0.6 is 12.2 Å². The minimum atomic E-state index is -1.07. The molecule has 0 spiro atoms. The van der Waals surface area contributed by atoms with E-state index in [-0.39, 0.29) is 16.2 Å². The van der Waals surface area contributed by atoms with E-state index in [4.69, 9.17) is 17.0 Å². The fourth-order valence-electron chi connectivity index (χ4n) is 3.07. The van der Waals surface area contributed by atoms with Gasteiger partial charge in [-0.15, -0.1) is 0 Å². The minimum Gasteiger partial charge on any atom is -0.495 e. The van der Waals surface area contributed by atoms with Gasteiger partial charge in [0.25, 0.3) is 5.91 Å². The second-order valence-electron chi connectivity index (χ2n) is 6.23. The molecule has 1 amide bonds. The Hall–Kier alpha value is -3.00. The van der Waals surface area contributed by atoms with Gasteiger partial charge in [-0.3, -0.25) is 4.79 Å². The van der Waals surface area contributed by atoms with E-state index in [9.17, 15) is 13.6 Å². The molecule has 0 radical (unpaired) electrons. The summed E-state index contributed by atoms with van der Waals surface area (Å²) >= 11 is 5.26. The van der Waals surface area contributed by atoms with E-state index in [0.717, 1.165) is 12.1 Å². The molecule has 3 rings (SSSR count). The maximum Gasteiger partial charge on any atom is 0.255 e. The number of benzene rings is 2. The molecule has 0 saturated heterocycles. The molecule has 1 heterocycles. The molecule has 0 unspecified atom stereocenters. The van der Waals surface area contributed by atoms with Crippen LogP contribution in [0, 0.1) is 11.6 Å². The number of rotatable bonds is 4. The average Bonchev–Trinajstić information content (AvgIpc) is 2.66. The summed E-state index contributed by atoms with van der Waals surface area (Å²) in [5.74, 6) is -1.58. The Morgan fingerprint density at radius 2 is 1.82 bits per heavy atom. The topological polar surface area (TPSA) is 53.6 Å². The smallest absolute Gasteiger partial charge is 0.255 e. The van der Waals surface area contributed by atoms with Gasteiger partial charge in [0, 0.05) is 12.7 Å². The second-order valence-corrected chi connectivity index (χ2v) is 6.62. The van der Waals surface area contributed by atoms with Crippen LogP contribution < -0.4 is 15.4 Å². The van der Waals surface area contributed by atoms with Crippen molar-refractivity contribution in [2.45, 2.75) is 13.0 Å². The average molecular weight is 403 g/mol. The van der Waals surface area contributed by atoms with Crippen molar-refractivity contribution in [1.82, 2.24) is 10.2 Å². The van der Waals surface area contributed by atoms with Crippen LogP contribution in [0.1, 0.15) is 18.5 Å². The number of nitrogens with one attached hydrogen (secondary N) is 2. The maximum atomic E-state index is 14.5. The van der Waals surface area contributed by atoms with E-state index >= 15 is 0 Å². The first-order valence-electron chi connectivity index (χ1n) is 8.48. The monoisotopic (exact) mass is 403 g/mol. The summed E-state index contributed by atoms with van der Waals surface area (Å²) in [5.41, 5.74) is 0.830. The van der Waals surface area contributed by atoms with E-state index in [0.29, 0.717) is 17.1 Å². The van der Waals surface area contributed by atoms with Gasteiger partial charge >= 0.3 is 0 Å². The first-order valence-corrected chi connectivity index (χ1v) is 8.89. The van der Waals surface area contributed by atoms with Gasteiger partial charge < -0.3 is 20.3 Å². The molecule has 2 aromatic rings. The molecule has 2 N–H and O–H groups in total. The lowest BCUT2D eigenvalue weighted by Gasteiger charge is -2.36. The Morgan fingerprint density at radius 1 is 1.18 bits per heavy atom. The summed E-state index contributed by atoms with van der Waals surface area (Å²) in [6.45, 7) is 1.68. The summed E-state index contributed by atoms with van der Waals surface area (Å²) in [5, 5.41) is 5.89. The molecule has 5 nitrogen and oxygen atoms in total. The molecule has 2 aromatic carbocycles. The highest BCUT2D eigenvalue weighted by molar-refractivity contribution is 7.80. The van der Waals surface area contributed by atoms with Crippen LogP contribution in [0.5, 0.6) is 5.75 Å². The van der Waals surface area contributed by atoms with Gasteiger partial charge in [0.2, 0.25) is 0 Å². The molecule has 1 atom stereocenters. The summed E-state index contributed by atoms with van der Waals surface area (Å²) in [6, 6.07) is 9.38. The number of carbonyl (C=O) groups is 1. The van der Waals surface area contributed by atoms with Crippen molar-refractivity contribution >= 4 is 28.9 Å². The zero-order chi connectivity index (χ0) is 20.4. The number of amides is 1. The van der Waals surface area contributed by atoms with Crippen LogP contribution in [0.15, 0.2) is 53.7 Å². The van der Waals surface area contributed by atoms with E-state index in [1.165, 1.54) is 13.2 Å². The highest BCUT2D eigenvalue weighted by Crippen LogP contribution is 2.34. The number of carbonyl (C=O) groups excluding carboxylic acids is 1. The zero-order valence-electron chi connectivity index (χ0n) is 15.5. The first kappa shape index (κ1) is 19.8.